The van der Waals surface area contributed by atoms with E-state index in [1.807, 2.05) is 24.8 Å². The molecule has 0 aliphatic carbocycles. The highest BCUT2D eigenvalue weighted by molar-refractivity contribution is 8.02. The molecule has 0 aromatic rings. The molecule has 0 N–H and O–H groups in total. The van der Waals surface area contributed by atoms with Crippen molar-refractivity contribution >= 4 is 11.8 Å². The van der Waals surface area contributed by atoms with Gasteiger partial charge in [0.15, 0.2) is 0 Å². The van der Waals surface area contributed by atoms with Crippen molar-refractivity contribution in [2.75, 3.05) is 5.75 Å². The van der Waals surface area contributed by atoms with Crippen LogP contribution >= 0.6 is 11.8 Å². The normalized spacial score (nSPS) is 12.4. The lowest BCUT2D eigenvalue weighted by atomic mass is 10.2. The number of hydrogen-bond acceptors (Lipinski definition) is 1. The van der Waals surface area contributed by atoms with Crippen LogP contribution in [0.2, 0.25) is 0 Å². The Kier molecular flexibility index (Phi) is 7.37. The lowest BCUT2D eigenvalue weighted by Gasteiger charge is -1.93. The highest BCUT2D eigenvalue weighted by Crippen LogP contribution is 2.09. The van der Waals surface area contributed by atoms with Crippen LogP contribution in [0.4, 0.5) is 0 Å². The maximum Gasteiger partial charge on any atom is 0.0154 e. The van der Waals surface area contributed by atoms with Gasteiger partial charge in [-0.2, -0.15) is 0 Å². The minimum Gasteiger partial charge on any atom is -0.130 e. The largest absolute Gasteiger partial charge is 0.130 e. The van der Waals surface area contributed by atoms with Gasteiger partial charge in [-0.1, -0.05) is 23.8 Å². The quantitative estimate of drug-likeness (QED) is 0.445. The lowest BCUT2D eigenvalue weighted by Crippen LogP contribution is -1.71. The molecular weight excluding hydrogens is 152 g/mol. The van der Waals surface area contributed by atoms with Crippen molar-refractivity contribution in [1.82, 2.24) is 0 Å². The van der Waals surface area contributed by atoms with Gasteiger partial charge < -0.3 is 0 Å². The zero-order valence-corrected chi connectivity index (χ0v) is 8.16. The lowest BCUT2D eigenvalue weighted by molar-refractivity contribution is 1.23. The van der Waals surface area contributed by atoms with E-state index in [-0.39, 0.29) is 0 Å². The minimum atomic E-state index is 1.00. The summed E-state index contributed by atoms with van der Waals surface area (Å²) in [6.45, 7) is 7.85. The van der Waals surface area contributed by atoms with Gasteiger partial charge in [-0.25, -0.2) is 0 Å². The van der Waals surface area contributed by atoms with Crippen LogP contribution in [0.25, 0.3) is 0 Å². The highest BCUT2D eigenvalue weighted by atomic mass is 32.2. The smallest absolute Gasteiger partial charge is 0.0154 e. The van der Waals surface area contributed by atoms with E-state index < -0.39 is 0 Å². The average Bonchev–Trinajstić information content (AvgIpc) is 1.99. The SMILES string of the molecule is C=CC/C(C)=C\SC/C=C\C. The zero-order chi connectivity index (χ0) is 8.53. The zero-order valence-electron chi connectivity index (χ0n) is 7.34. The van der Waals surface area contributed by atoms with E-state index in [9.17, 15) is 0 Å². The molecule has 0 saturated heterocycles. The Morgan fingerprint density at radius 3 is 2.82 bits per heavy atom. The summed E-state index contributed by atoms with van der Waals surface area (Å²) in [5.74, 6) is 1.07. The van der Waals surface area contributed by atoms with Gasteiger partial charge in [-0.3, -0.25) is 0 Å². The monoisotopic (exact) mass is 168 g/mol. The Bertz CT molecular complexity index is 154. The Balaban J connectivity index is 3.47. The molecule has 0 amide bonds. The van der Waals surface area contributed by atoms with Gasteiger partial charge in [0.25, 0.3) is 0 Å². The van der Waals surface area contributed by atoms with Crippen molar-refractivity contribution in [3.8, 4) is 0 Å². The molecule has 0 heterocycles. The van der Waals surface area contributed by atoms with Gasteiger partial charge in [-0.15, -0.1) is 18.3 Å². The fraction of sp³-hybridized carbons (Fsp3) is 0.400. The summed E-state index contributed by atoms with van der Waals surface area (Å²) in [6.07, 6.45) is 7.16. The van der Waals surface area contributed by atoms with E-state index in [2.05, 4.69) is 31.1 Å². The van der Waals surface area contributed by atoms with E-state index in [1.165, 1.54) is 5.57 Å². The second kappa shape index (κ2) is 7.67. The summed E-state index contributed by atoms with van der Waals surface area (Å²) in [6, 6.07) is 0. The van der Waals surface area contributed by atoms with Crippen LogP contribution in [0.1, 0.15) is 20.3 Å². The molecule has 0 spiro atoms. The predicted octanol–water partition coefficient (Wildman–Crippen LogP) is 3.78. The molecule has 0 unspecified atom stereocenters. The number of allylic oxidation sites excluding steroid dienone is 3. The van der Waals surface area contributed by atoms with Crippen molar-refractivity contribution in [2.45, 2.75) is 20.3 Å². The van der Waals surface area contributed by atoms with Crippen molar-refractivity contribution in [2.24, 2.45) is 0 Å². The predicted molar refractivity (Wildman–Crippen MR) is 55.8 cm³/mol. The summed E-state index contributed by atoms with van der Waals surface area (Å²) in [5.41, 5.74) is 1.38. The van der Waals surface area contributed by atoms with E-state index in [4.69, 9.17) is 0 Å². The number of rotatable bonds is 5. The Labute approximate surface area is 74.1 Å². The van der Waals surface area contributed by atoms with Crippen LogP contribution in [0, 0.1) is 0 Å². The van der Waals surface area contributed by atoms with Crippen molar-refractivity contribution in [3.63, 3.8) is 0 Å². The van der Waals surface area contributed by atoms with Crippen LogP contribution in [0.15, 0.2) is 35.8 Å². The van der Waals surface area contributed by atoms with Crippen LogP contribution in [-0.4, -0.2) is 5.75 Å². The Morgan fingerprint density at radius 2 is 2.27 bits per heavy atom. The Morgan fingerprint density at radius 1 is 1.55 bits per heavy atom. The standard InChI is InChI=1S/C10H16S/c1-4-6-8-11-9-10(3)7-5-2/h4-6,9H,2,7-8H2,1,3H3/b6-4-,10-9-. The fourth-order valence-electron chi connectivity index (χ4n) is 0.618. The summed E-state index contributed by atoms with van der Waals surface area (Å²) in [7, 11) is 0. The maximum absolute atomic E-state index is 3.68. The van der Waals surface area contributed by atoms with E-state index in [0.29, 0.717) is 0 Å². The second-order valence-corrected chi connectivity index (χ2v) is 3.26. The summed E-state index contributed by atoms with van der Waals surface area (Å²) < 4.78 is 0. The van der Waals surface area contributed by atoms with E-state index >= 15 is 0 Å². The summed E-state index contributed by atoms with van der Waals surface area (Å²) in [4.78, 5) is 0. The van der Waals surface area contributed by atoms with E-state index in [0.717, 1.165) is 12.2 Å². The highest BCUT2D eigenvalue weighted by Gasteiger charge is 1.83. The molecule has 0 aromatic heterocycles. The summed E-state index contributed by atoms with van der Waals surface area (Å²) in [5, 5.41) is 2.20. The van der Waals surface area contributed by atoms with Gasteiger partial charge in [0, 0.05) is 5.75 Å². The molecule has 0 nitrogen and oxygen atoms in total. The molecule has 62 valence electrons. The minimum absolute atomic E-state index is 1.00. The average molecular weight is 168 g/mol. The Hall–Kier alpha value is -0.430. The molecule has 0 aliphatic rings. The van der Waals surface area contributed by atoms with Crippen LogP contribution in [-0.2, 0) is 0 Å². The maximum atomic E-state index is 3.68. The third-order valence-corrected chi connectivity index (χ3v) is 2.13. The van der Waals surface area contributed by atoms with Gasteiger partial charge >= 0.3 is 0 Å². The molecule has 11 heavy (non-hydrogen) atoms. The van der Waals surface area contributed by atoms with Crippen LogP contribution in [0.5, 0.6) is 0 Å². The summed E-state index contributed by atoms with van der Waals surface area (Å²) >= 11 is 1.83. The van der Waals surface area contributed by atoms with Crippen LogP contribution in [0.3, 0.4) is 0 Å². The van der Waals surface area contributed by atoms with Gasteiger partial charge in [0.2, 0.25) is 0 Å². The van der Waals surface area contributed by atoms with Crippen molar-refractivity contribution < 1.29 is 0 Å². The molecule has 0 aromatic carbocycles. The molecule has 0 radical (unpaired) electrons. The first kappa shape index (κ1) is 10.6. The molecule has 0 atom stereocenters. The van der Waals surface area contributed by atoms with Crippen LogP contribution < -0.4 is 0 Å². The van der Waals surface area contributed by atoms with Gasteiger partial charge in [-0.05, 0) is 25.7 Å². The number of hydrogen-bond donors (Lipinski definition) is 0. The van der Waals surface area contributed by atoms with Crippen molar-refractivity contribution in [3.05, 3.63) is 35.8 Å². The molecule has 0 bridgehead atoms. The third kappa shape index (κ3) is 7.47. The number of thioether (sulfide) groups is 1. The fourth-order valence-corrected chi connectivity index (χ4v) is 1.40. The van der Waals surface area contributed by atoms with Gasteiger partial charge in [0.05, 0.1) is 0 Å². The third-order valence-electron chi connectivity index (χ3n) is 1.18. The molecular formula is C10H16S. The molecule has 1 heteroatoms. The topological polar surface area (TPSA) is 0 Å². The molecule has 0 aliphatic heterocycles. The second-order valence-electron chi connectivity index (χ2n) is 2.36. The molecule has 0 rings (SSSR count). The molecule has 0 fully saturated rings. The first-order valence-electron chi connectivity index (χ1n) is 3.80. The van der Waals surface area contributed by atoms with Crippen molar-refractivity contribution in [1.29, 1.82) is 0 Å². The first-order valence-corrected chi connectivity index (χ1v) is 4.85. The van der Waals surface area contributed by atoms with E-state index in [1.54, 1.807) is 0 Å². The first-order chi connectivity index (χ1) is 5.31. The molecule has 0 saturated carbocycles. The van der Waals surface area contributed by atoms with Gasteiger partial charge in [0.1, 0.15) is 0 Å².